The van der Waals surface area contributed by atoms with Crippen LogP contribution in [-0.4, -0.2) is 46.2 Å². The Balaban J connectivity index is 2.69. The molecule has 1 heterocycles. The van der Waals surface area contributed by atoms with Gasteiger partial charge in [0, 0.05) is 6.20 Å². The molecule has 0 aliphatic carbocycles. The van der Waals surface area contributed by atoms with Gasteiger partial charge in [-0.3, -0.25) is 23.7 Å². The van der Waals surface area contributed by atoms with E-state index in [-0.39, 0.29) is 24.2 Å². The molecular weight excluding hydrogens is 409 g/mol. The summed E-state index contributed by atoms with van der Waals surface area (Å²) in [4.78, 5) is 36.7. The molecule has 0 saturated carbocycles. The lowest BCUT2D eigenvalue weighted by Gasteiger charge is -2.22. The third-order valence-electron chi connectivity index (χ3n) is 2.75. The van der Waals surface area contributed by atoms with Crippen LogP contribution < -0.4 is 16.6 Å². The van der Waals surface area contributed by atoms with Gasteiger partial charge in [0.15, 0.2) is 5.85 Å². The number of hydrogen-bond donors (Lipinski definition) is 3. The molecule has 1 atom stereocenters. The van der Waals surface area contributed by atoms with Gasteiger partial charge in [-0.2, -0.15) is 0 Å². The number of aromatic amines is 1. The van der Waals surface area contributed by atoms with Crippen molar-refractivity contribution in [2.24, 2.45) is 0 Å². The molecule has 0 aliphatic heterocycles. The lowest BCUT2D eigenvalue weighted by molar-refractivity contribution is -0.122. The minimum atomic E-state index is -3.76. The molecule has 1 rings (SSSR count). The minimum absolute atomic E-state index is 0.0725. The van der Waals surface area contributed by atoms with Crippen molar-refractivity contribution in [2.75, 3.05) is 19.8 Å². The van der Waals surface area contributed by atoms with Crippen LogP contribution in [0.1, 0.15) is 13.8 Å². The number of aromatic nitrogens is 2. The van der Waals surface area contributed by atoms with Crippen LogP contribution in [0.15, 0.2) is 20.3 Å². The van der Waals surface area contributed by atoms with Gasteiger partial charge in [0.25, 0.3) is 5.56 Å². The number of carbonyl (C=O) groups excluding carboxylic acids is 1. The van der Waals surface area contributed by atoms with Crippen molar-refractivity contribution in [2.45, 2.75) is 26.2 Å². The molecule has 1 unspecified atom stereocenters. The summed E-state index contributed by atoms with van der Waals surface area (Å²) in [6.07, 6.45) is 1.17. The lowest BCUT2D eigenvalue weighted by atomic mass is 10.5. The van der Waals surface area contributed by atoms with Crippen molar-refractivity contribution < 1.29 is 23.5 Å². The first-order chi connectivity index (χ1) is 11.2. The summed E-state index contributed by atoms with van der Waals surface area (Å²) in [6.45, 7) is 2.56. The molecule has 0 radical (unpaired) electrons. The number of aliphatic hydroxyl groups is 1. The summed E-state index contributed by atoms with van der Waals surface area (Å²) < 4.78 is 23.3. The molecule has 0 bridgehead atoms. The molecule has 10 nitrogen and oxygen atoms in total. The third-order valence-corrected chi connectivity index (χ3v) is 5.46. The highest BCUT2D eigenvalue weighted by atomic mass is 79.9. The van der Waals surface area contributed by atoms with E-state index < -0.39 is 37.1 Å². The number of nitrogens with zero attached hydrogens (tertiary/aromatic N) is 1. The zero-order valence-electron chi connectivity index (χ0n) is 13.2. The molecule has 1 amide bonds. The van der Waals surface area contributed by atoms with Crippen molar-refractivity contribution in [3.63, 3.8) is 0 Å². The van der Waals surface area contributed by atoms with Crippen LogP contribution in [0.25, 0.3) is 0 Å². The second kappa shape index (κ2) is 9.28. The number of rotatable bonds is 9. The largest absolute Gasteiger partial charge is 0.379 e. The quantitative estimate of drug-likeness (QED) is 0.471. The molecule has 24 heavy (non-hydrogen) atoms. The van der Waals surface area contributed by atoms with E-state index in [0.29, 0.717) is 0 Å². The number of H-pyrrole nitrogens is 1. The Labute approximate surface area is 145 Å². The number of halogens is 1. The zero-order chi connectivity index (χ0) is 18.3. The van der Waals surface area contributed by atoms with Crippen molar-refractivity contribution in [1.82, 2.24) is 14.9 Å². The molecule has 136 valence electrons. The van der Waals surface area contributed by atoms with Gasteiger partial charge in [0.1, 0.15) is 6.54 Å². The SMILES string of the molecule is CCOP(=O)(OCC)C(O)CNC(=O)Cn1cc(Br)c(=O)[nH]c1=O. The summed E-state index contributed by atoms with van der Waals surface area (Å²) in [5.41, 5.74) is -1.37. The second-order valence-electron chi connectivity index (χ2n) is 4.52. The molecular formula is C12H19BrN3O7P. The molecule has 12 heteroatoms. The lowest BCUT2D eigenvalue weighted by Crippen LogP contribution is -2.38. The molecule has 0 aromatic carbocycles. The predicted octanol–water partition coefficient (Wildman–Crippen LogP) is -0.000200. The van der Waals surface area contributed by atoms with Crippen LogP contribution in [0.5, 0.6) is 0 Å². The van der Waals surface area contributed by atoms with Gasteiger partial charge < -0.3 is 19.5 Å². The Hall–Kier alpha value is -1.26. The first-order valence-electron chi connectivity index (χ1n) is 7.06. The maximum Gasteiger partial charge on any atom is 0.360 e. The summed E-state index contributed by atoms with van der Waals surface area (Å²) in [5, 5.41) is 12.3. The summed E-state index contributed by atoms with van der Waals surface area (Å²) in [6, 6.07) is 0. The molecule has 0 fully saturated rings. The topological polar surface area (TPSA) is 140 Å². The highest BCUT2D eigenvalue weighted by molar-refractivity contribution is 9.10. The van der Waals surface area contributed by atoms with E-state index in [0.717, 1.165) is 4.57 Å². The van der Waals surface area contributed by atoms with E-state index in [4.69, 9.17) is 9.05 Å². The number of aliphatic hydroxyl groups excluding tert-OH is 1. The van der Waals surface area contributed by atoms with Crippen LogP contribution in [0.3, 0.4) is 0 Å². The Morgan fingerprint density at radius 3 is 2.54 bits per heavy atom. The molecule has 0 aliphatic rings. The fraction of sp³-hybridized carbons (Fsp3) is 0.583. The van der Waals surface area contributed by atoms with E-state index in [9.17, 15) is 24.1 Å². The van der Waals surface area contributed by atoms with Gasteiger partial charge >= 0.3 is 13.3 Å². The van der Waals surface area contributed by atoms with Crippen LogP contribution in [-0.2, 0) is 25.0 Å². The van der Waals surface area contributed by atoms with Crippen LogP contribution in [0.4, 0.5) is 0 Å². The Morgan fingerprint density at radius 2 is 2.00 bits per heavy atom. The summed E-state index contributed by atoms with van der Waals surface area (Å²) >= 11 is 2.95. The molecule has 3 N–H and O–H groups in total. The minimum Gasteiger partial charge on any atom is -0.379 e. The van der Waals surface area contributed by atoms with Gasteiger partial charge in [-0.1, -0.05) is 0 Å². The number of hydrogen-bond acceptors (Lipinski definition) is 7. The van der Waals surface area contributed by atoms with Crippen molar-refractivity contribution in [3.8, 4) is 0 Å². The van der Waals surface area contributed by atoms with Gasteiger partial charge in [0.05, 0.1) is 24.2 Å². The Morgan fingerprint density at radius 1 is 1.42 bits per heavy atom. The van der Waals surface area contributed by atoms with Gasteiger partial charge in [0.2, 0.25) is 5.91 Å². The molecule has 1 aromatic rings. The van der Waals surface area contributed by atoms with Gasteiger partial charge in [-0.15, -0.1) is 0 Å². The van der Waals surface area contributed by atoms with E-state index in [2.05, 4.69) is 21.2 Å². The molecule has 0 saturated heterocycles. The predicted molar refractivity (Wildman–Crippen MR) is 88.9 cm³/mol. The highest BCUT2D eigenvalue weighted by Crippen LogP contribution is 2.51. The Bertz CT molecular complexity index is 722. The standard InChI is InChI=1S/C12H19BrN3O7P/c1-3-22-24(21,23-4-2)10(18)5-14-9(17)7-16-6-8(13)11(19)15-12(16)20/h6,10,18H,3-5,7H2,1-2H3,(H,14,17)(H,15,19,20). The fourth-order valence-electron chi connectivity index (χ4n) is 1.70. The molecule has 1 aromatic heterocycles. The zero-order valence-corrected chi connectivity index (χ0v) is 15.6. The smallest absolute Gasteiger partial charge is 0.360 e. The van der Waals surface area contributed by atoms with Gasteiger partial charge in [-0.25, -0.2) is 4.79 Å². The average Bonchev–Trinajstić information content (AvgIpc) is 2.50. The fourth-order valence-corrected chi connectivity index (χ4v) is 3.50. The van der Waals surface area contributed by atoms with E-state index in [1.807, 2.05) is 4.98 Å². The van der Waals surface area contributed by atoms with Crippen molar-refractivity contribution >= 4 is 29.4 Å². The van der Waals surface area contributed by atoms with Gasteiger partial charge in [-0.05, 0) is 29.8 Å². The maximum atomic E-state index is 12.3. The average molecular weight is 428 g/mol. The van der Waals surface area contributed by atoms with Crippen molar-refractivity contribution in [1.29, 1.82) is 0 Å². The third kappa shape index (κ3) is 5.67. The summed E-state index contributed by atoms with van der Waals surface area (Å²) in [7, 11) is -3.76. The highest BCUT2D eigenvalue weighted by Gasteiger charge is 2.34. The van der Waals surface area contributed by atoms with Crippen LogP contribution in [0.2, 0.25) is 0 Å². The van der Waals surface area contributed by atoms with Crippen LogP contribution >= 0.6 is 23.5 Å². The van der Waals surface area contributed by atoms with Crippen molar-refractivity contribution in [3.05, 3.63) is 31.5 Å². The van der Waals surface area contributed by atoms with E-state index >= 15 is 0 Å². The normalized spacial score (nSPS) is 12.8. The first kappa shape index (κ1) is 20.8. The monoisotopic (exact) mass is 427 g/mol. The Kier molecular flexibility index (Phi) is 8.04. The first-order valence-corrected chi connectivity index (χ1v) is 9.46. The maximum absolute atomic E-state index is 12.3. The number of carbonyl (C=O) groups is 1. The summed E-state index contributed by atoms with van der Waals surface area (Å²) in [5.74, 6) is -2.17. The number of nitrogens with one attached hydrogen (secondary N) is 2. The second-order valence-corrected chi connectivity index (χ2v) is 7.57. The number of amides is 1. The van der Waals surface area contributed by atoms with Crippen LogP contribution in [0, 0.1) is 0 Å². The molecule has 0 spiro atoms. The van der Waals surface area contributed by atoms with E-state index in [1.165, 1.54) is 6.20 Å². The van der Waals surface area contributed by atoms with E-state index in [1.54, 1.807) is 13.8 Å².